The van der Waals surface area contributed by atoms with E-state index in [4.69, 9.17) is 5.11 Å². The molecule has 6 nitrogen and oxygen atoms in total. The quantitative estimate of drug-likeness (QED) is 0.774. The topological polar surface area (TPSA) is 81.1 Å². The van der Waals surface area contributed by atoms with Gasteiger partial charge in [-0.25, -0.2) is 4.79 Å². The molecule has 2 N–H and O–H groups in total. The molecule has 0 aromatic rings. The lowest BCUT2D eigenvalue weighted by Gasteiger charge is -2.31. The van der Waals surface area contributed by atoms with E-state index in [0.29, 0.717) is 19.5 Å². The van der Waals surface area contributed by atoms with Gasteiger partial charge in [0, 0.05) is 19.6 Å². The van der Waals surface area contributed by atoms with Gasteiger partial charge in [0.1, 0.15) is 0 Å². The van der Waals surface area contributed by atoms with Gasteiger partial charge in [-0.15, -0.1) is 0 Å². The average molecular weight is 258 g/mol. The molecule has 18 heavy (non-hydrogen) atoms. The van der Waals surface area contributed by atoms with Gasteiger partial charge in [0.05, 0.1) is 18.1 Å². The highest BCUT2D eigenvalue weighted by atomic mass is 16.4. The maximum atomic E-state index is 12.2. The number of likely N-dealkylation sites (tertiary alicyclic amines) is 1. The fourth-order valence-corrected chi connectivity index (χ4v) is 2.12. The zero-order valence-electron chi connectivity index (χ0n) is 11.2. The van der Waals surface area contributed by atoms with Crippen LogP contribution in [0.2, 0.25) is 0 Å². The van der Waals surface area contributed by atoms with Crippen molar-refractivity contribution in [2.45, 2.75) is 32.8 Å². The van der Waals surface area contributed by atoms with E-state index in [1.165, 1.54) is 0 Å². The number of carboxylic acid groups (broad SMARTS) is 1. The van der Waals surface area contributed by atoms with Gasteiger partial charge in [0.2, 0.25) is 0 Å². The van der Waals surface area contributed by atoms with Crippen molar-refractivity contribution >= 4 is 12.0 Å². The first-order valence-corrected chi connectivity index (χ1v) is 6.23. The van der Waals surface area contributed by atoms with E-state index in [9.17, 15) is 14.7 Å². The number of aliphatic hydroxyl groups is 1. The van der Waals surface area contributed by atoms with E-state index in [1.54, 1.807) is 23.6 Å². The molecule has 2 amide bonds. The van der Waals surface area contributed by atoms with Crippen LogP contribution in [0.3, 0.4) is 0 Å². The van der Waals surface area contributed by atoms with Crippen molar-refractivity contribution in [3.05, 3.63) is 0 Å². The first-order chi connectivity index (χ1) is 8.24. The van der Waals surface area contributed by atoms with Crippen LogP contribution in [0.15, 0.2) is 0 Å². The molecule has 0 saturated carbocycles. The van der Waals surface area contributed by atoms with Crippen molar-refractivity contribution in [2.75, 3.05) is 26.2 Å². The first kappa shape index (κ1) is 14.8. The number of carboxylic acids is 1. The minimum atomic E-state index is -0.947. The third kappa shape index (κ3) is 3.87. The van der Waals surface area contributed by atoms with Crippen LogP contribution in [0.5, 0.6) is 0 Å². The summed E-state index contributed by atoms with van der Waals surface area (Å²) in [4.78, 5) is 26.1. The van der Waals surface area contributed by atoms with Gasteiger partial charge in [0.15, 0.2) is 0 Å². The average Bonchev–Trinajstić information content (AvgIpc) is 2.72. The zero-order chi connectivity index (χ0) is 13.9. The van der Waals surface area contributed by atoms with Gasteiger partial charge in [-0.05, 0) is 27.2 Å². The Morgan fingerprint density at radius 3 is 2.44 bits per heavy atom. The molecule has 1 unspecified atom stereocenters. The van der Waals surface area contributed by atoms with Crippen LogP contribution in [0.4, 0.5) is 4.79 Å². The zero-order valence-corrected chi connectivity index (χ0v) is 11.2. The Morgan fingerprint density at radius 1 is 1.44 bits per heavy atom. The van der Waals surface area contributed by atoms with Crippen LogP contribution >= 0.6 is 0 Å². The second-order valence-corrected chi connectivity index (χ2v) is 5.38. The molecule has 1 heterocycles. The number of urea groups is 1. The van der Waals surface area contributed by atoms with Gasteiger partial charge in [0.25, 0.3) is 0 Å². The van der Waals surface area contributed by atoms with Gasteiger partial charge in [-0.2, -0.15) is 0 Å². The molecule has 0 aliphatic carbocycles. The monoisotopic (exact) mass is 258 g/mol. The fraction of sp³-hybridized carbons (Fsp3) is 0.833. The number of rotatable bonds is 4. The lowest BCUT2D eigenvalue weighted by Crippen LogP contribution is -2.48. The van der Waals surface area contributed by atoms with E-state index in [-0.39, 0.29) is 19.1 Å². The molecule has 1 atom stereocenters. The molecule has 1 saturated heterocycles. The van der Waals surface area contributed by atoms with E-state index >= 15 is 0 Å². The molecule has 0 radical (unpaired) electrons. The van der Waals surface area contributed by atoms with Crippen LogP contribution in [0.1, 0.15) is 27.2 Å². The molecule has 0 aromatic heterocycles. The second-order valence-electron chi connectivity index (χ2n) is 5.38. The predicted octanol–water partition coefficient (Wildman–Crippen LogP) is 0.606. The van der Waals surface area contributed by atoms with E-state index < -0.39 is 17.5 Å². The van der Waals surface area contributed by atoms with Crippen molar-refractivity contribution in [1.29, 1.82) is 0 Å². The fourth-order valence-electron chi connectivity index (χ4n) is 2.12. The highest BCUT2D eigenvalue weighted by Gasteiger charge is 2.33. The van der Waals surface area contributed by atoms with Crippen LogP contribution in [-0.4, -0.2) is 63.8 Å². The number of aliphatic carboxylic acids is 1. The van der Waals surface area contributed by atoms with Crippen molar-refractivity contribution in [2.24, 2.45) is 5.92 Å². The Kier molecular flexibility index (Phi) is 4.56. The van der Waals surface area contributed by atoms with Gasteiger partial charge in [-0.3, -0.25) is 4.79 Å². The minimum absolute atomic E-state index is 0.191. The maximum Gasteiger partial charge on any atom is 0.320 e. The summed E-state index contributed by atoms with van der Waals surface area (Å²) in [7, 11) is 0. The normalized spacial score (nSPS) is 20.0. The summed E-state index contributed by atoms with van der Waals surface area (Å²) < 4.78 is 0. The molecule has 1 aliphatic heterocycles. The number of carbonyl (C=O) groups is 2. The van der Waals surface area contributed by atoms with Crippen LogP contribution in [0.25, 0.3) is 0 Å². The molecule has 104 valence electrons. The molecule has 1 fully saturated rings. The van der Waals surface area contributed by atoms with Gasteiger partial charge in [-0.1, -0.05) is 0 Å². The molecular formula is C12H22N2O4. The molecule has 0 bridgehead atoms. The Balaban J connectivity index is 2.60. The lowest BCUT2D eigenvalue weighted by molar-refractivity contribution is -0.141. The summed E-state index contributed by atoms with van der Waals surface area (Å²) in [6.07, 6.45) is 0.501. The number of amides is 2. The molecule has 0 spiro atoms. The predicted molar refractivity (Wildman–Crippen MR) is 66.3 cm³/mol. The molecule has 0 aromatic carbocycles. The van der Waals surface area contributed by atoms with Crippen molar-refractivity contribution in [1.82, 2.24) is 9.80 Å². The van der Waals surface area contributed by atoms with Gasteiger partial charge >= 0.3 is 12.0 Å². The third-order valence-electron chi connectivity index (χ3n) is 3.04. The highest BCUT2D eigenvalue weighted by Crippen LogP contribution is 2.18. The Bertz CT molecular complexity index is 325. The maximum absolute atomic E-state index is 12.2. The van der Waals surface area contributed by atoms with Crippen LogP contribution in [0, 0.1) is 5.92 Å². The summed E-state index contributed by atoms with van der Waals surface area (Å²) in [5, 5.41) is 18.6. The number of nitrogens with zero attached hydrogens (tertiary/aromatic N) is 2. The standard InChI is InChI=1S/C12H22N2O4/c1-4-13(8-12(2,3)18)11(17)14-6-5-9(7-14)10(15)16/h9,18H,4-8H2,1-3H3,(H,15,16). The minimum Gasteiger partial charge on any atom is -0.481 e. The highest BCUT2D eigenvalue weighted by molar-refractivity contribution is 5.77. The summed E-state index contributed by atoms with van der Waals surface area (Å²) in [6.45, 7) is 6.61. The summed E-state index contributed by atoms with van der Waals surface area (Å²) in [5.74, 6) is -1.31. The molecule has 1 aliphatic rings. The second kappa shape index (κ2) is 5.56. The Morgan fingerprint density at radius 2 is 2.06 bits per heavy atom. The Hall–Kier alpha value is -1.30. The SMILES string of the molecule is CCN(CC(C)(C)O)C(=O)N1CCC(C(=O)O)C1. The third-order valence-corrected chi connectivity index (χ3v) is 3.04. The molecule has 6 heteroatoms. The lowest BCUT2D eigenvalue weighted by atomic mass is 10.1. The van der Waals surface area contributed by atoms with E-state index in [0.717, 1.165) is 0 Å². The van der Waals surface area contributed by atoms with Crippen molar-refractivity contribution in [3.63, 3.8) is 0 Å². The Labute approximate surface area is 107 Å². The first-order valence-electron chi connectivity index (χ1n) is 6.23. The largest absolute Gasteiger partial charge is 0.481 e. The number of carbonyl (C=O) groups excluding carboxylic acids is 1. The summed E-state index contributed by atoms with van der Waals surface area (Å²) >= 11 is 0. The number of likely N-dealkylation sites (N-methyl/N-ethyl adjacent to an activating group) is 1. The number of hydrogen-bond donors (Lipinski definition) is 2. The smallest absolute Gasteiger partial charge is 0.320 e. The number of hydrogen-bond acceptors (Lipinski definition) is 3. The van der Waals surface area contributed by atoms with E-state index in [1.807, 2.05) is 6.92 Å². The van der Waals surface area contributed by atoms with Gasteiger partial charge < -0.3 is 20.0 Å². The molecule has 1 rings (SSSR count). The van der Waals surface area contributed by atoms with E-state index in [2.05, 4.69) is 0 Å². The van der Waals surface area contributed by atoms with Crippen molar-refractivity contribution in [3.8, 4) is 0 Å². The van der Waals surface area contributed by atoms with Crippen LogP contribution in [-0.2, 0) is 4.79 Å². The summed E-state index contributed by atoms with van der Waals surface area (Å²) in [5.41, 5.74) is -0.947. The molecular weight excluding hydrogens is 236 g/mol. The summed E-state index contributed by atoms with van der Waals surface area (Å²) in [6, 6.07) is -0.191. The van der Waals surface area contributed by atoms with Crippen molar-refractivity contribution < 1.29 is 19.8 Å². The van der Waals surface area contributed by atoms with Crippen LogP contribution < -0.4 is 0 Å².